The Labute approximate surface area is 186 Å². The summed E-state index contributed by atoms with van der Waals surface area (Å²) in [5, 5.41) is 3.04. The molecule has 3 aromatic rings. The van der Waals surface area contributed by atoms with Gasteiger partial charge < -0.3 is 19.2 Å². The topological polar surface area (TPSA) is 63.9 Å². The van der Waals surface area contributed by atoms with Gasteiger partial charge in [-0.05, 0) is 48.9 Å². The summed E-state index contributed by atoms with van der Waals surface area (Å²) in [6.07, 6.45) is 0. The van der Waals surface area contributed by atoms with Crippen molar-refractivity contribution in [1.29, 1.82) is 0 Å². The van der Waals surface area contributed by atoms with Crippen molar-refractivity contribution in [2.45, 2.75) is 19.6 Å². The predicted octanol–water partition coefficient (Wildman–Crippen LogP) is 4.11. The van der Waals surface area contributed by atoms with E-state index in [1.807, 2.05) is 25.1 Å². The van der Waals surface area contributed by atoms with Crippen molar-refractivity contribution in [1.82, 2.24) is 10.2 Å². The summed E-state index contributed by atoms with van der Waals surface area (Å²) >= 11 is 0. The Morgan fingerprint density at radius 2 is 1.84 bits per heavy atom. The maximum atomic E-state index is 13.1. The molecule has 1 unspecified atom stereocenters. The number of aryl methyl sites for hydroxylation is 1. The number of benzene rings is 2. The van der Waals surface area contributed by atoms with Crippen LogP contribution in [0.1, 0.15) is 33.5 Å². The van der Waals surface area contributed by atoms with Gasteiger partial charge in [-0.15, -0.1) is 0 Å². The van der Waals surface area contributed by atoms with Crippen LogP contribution in [0.3, 0.4) is 0 Å². The Bertz CT molecular complexity index is 1030. The van der Waals surface area contributed by atoms with Crippen molar-refractivity contribution in [3.8, 4) is 5.75 Å². The van der Waals surface area contributed by atoms with Gasteiger partial charge in [-0.1, -0.05) is 24.3 Å². The molecule has 1 fully saturated rings. The number of para-hydroxylation sites is 1. The predicted molar refractivity (Wildman–Crippen MR) is 118 cm³/mol. The van der Waals surface area contributed by atoms with E-state index in [0.717, 1.165) is 30.2 Å². The average Bonchev–Trinajstić information content (AvgIpc) is 3.25. The van der Waals surface area contributed by atoms with E-state index in [2.05, 4.69) is 10.2 Å². The number of furan rings is 1. The van der Waals surface area contributed by atoms with E-state index in [1.54, 1.807) is 30.3 Å². The van der Waals surface area contributed by atoms with Gasteiger partial charge in [0.1, 0.15) is 29.7 Å². The highest BCUT2D eigenvalue weighted by Gasteiger charge is 2.26. The third-order valence-corrected chi connectivity index (χ3v) is 5.47. The third-order valence-electron chi connectivity index (χ3n) is 5.47. The van der Waals surface area contributed by atoms with Gasteiger partial charge in [-0.25, -0.2) is 4.39 Å². The molecular weight excluding hydrogens is 411 g/mol. The molecule has 1 amide bonds. The average molecular weight is 438 g/mol. The first kappa shape index (κ1) is 22.0. The lowest BCUT2D eigenvalue weighted by molar-refractivity contribution is 0.0117. The normalized spacial score (nSPS) is 15.3. The molecule has 6 nitrogen and oxygen atoms in total. The Morgan fingerprint density at radius 3 is 2.56 bits per heavy atom. The molecule has 168 valence electrons. The number of nitrogens with zero attached hydrogens (tertiary/aromatic N) is 1. The molecule has 1 N–H and O–H groups in total. The van der Waals surface area contributed by atoms with Crippen molar-refractivity contribution in [2.75, 3.05) is 32.8 Å². The van der Waals surface area contributed by atoms with Crippen LogP contribution in [0, 0.1) is 12.7 Å². The van der Waals surface area contributed by atoms with E-state index in [0.29, 0.717) is 31.1 Å². The van der Waals surface area contributed by atoms with Gasteiger partial charge in [0.25, 0.3) is 5.91 Å². The van der Waals surface area contributed by atoms with Crippen LogP contribution in [0.25, 0.3) is 0 Å². The number of carbonyl (C=O) groups is 1. The molecule has 0 spiro atoms. The molecule has 1 atom stereocenters. The molecule has 0 saturated carbocycles. The van der Waals surface area contributed by atoms with Crippen LogP contribution in [0.4, 0.5) is 4.39 Å². The lowest BCUT2D eigenvalue weighted by Gasteiger charge is -2.33. The highest BCUT2D eigenvalue weighted by Crippen LogP contribution is 2.24. The van der Waals surface area contributed by atoms with E-state index in [1.165, 1.54) is 12.1 Å². The maximum absolute atomic E-state index is 13.1. The number of halogens is 1. The fourth-order valence-corrected chi connectivity index (χ4v) is 3.74. The minimum Gasteiger partial charge on any atom is -0.488 e. The van der Waals surface area contributed by atoms with Gasteiger partial charge in [0.15, 0.2) is 0 Å². The number of ether oxygens (including phenoxy) is 2. The maximum Gasteiger partial charge on any atom is 0.255 e. The lowest BCUT2D eigenvalue weighted by atomic mass is 10.1. The summed E-state index contributed by atoms with van der Waals surface area (Å²) in [5.41, 5.74) is 1.27. The summed E-state index contributed by atoms with van der Waals surface area (Å²) < 4.78 is 30.3. The summed E-state index contributed by atoms with van der Waals surface area (Å²) in [6.45, 7) is 5.42. The van der Waals surface area contributed by atoms with Crippen LogP contribution >= 0.6 is 0 Å². The quantitative estimate of drug-likeness (QED) is 0.574. The van der Waals surface area contributed by atoms with E-state index in [9.17, 15) is 9.18 Å². The number of rotatable bonds is 8. The van der Waals surface area contributed by atoms with Crippen molar-refractivity contribution in [3.63, 3.8) is 0 Å². The minimum atomic E-state index is -0.296. The van der Waals surface area contributed by atoms with Crippen molar-refractivity contribution in [2.24, 2.45) is 0 Å². The van der Waals surface area contributed by atoms with Crippen LogP contribution in [0.2, 0.25) is 0 Å². The first-order valence-corrected chi connectivity index (χ1v) is 10.7. The lowest BCUT2D eigenvalue weighted by Crippen LogP contribution is -2.43. The second-order valence-electron chi connectivity index (χ2n) is 7.73. The third kappa shape index (κ3) is 5.55. The van der Waals surface area contributed by atoms with Crippen molar-refractivity contribution < 1.29 is 23.1 Å². The SMILES string of the molecule is Cc1ccc(C(CNC(=O)c2ccccc2OCc2ccc(F)cc2)N2CCOCC2)o1. The molecule has 0 aliphatic carbocycles. The molecule has 1 aromatic heterocycles. The van der Waals surface area contributed by atoms with E-state index >= 15 is 0 Å². The van der Waals surface area contributed by atoms with Gasteiger partial charge >= 0.3 is 0 Å². The van der Waals surface area contributed by atoms with Gasteiger partial charge in [0.05, 0.1) is 24.8 Å². The van der Waals surface area contributed by atoms with Crippen LogP contribution in [-0.4, -0.2) is 43.7 Å². The standard InChI is InChI=1S/C25H27FN2O4/c1-18-6-11-24(32-18)22(28-12-14-30-15-13-28)16-27-25(29)21-4-2-3-5-23(21)31-17-19-7-9-20(26)10-8-19/h2-11,22H,12-17H2,1H3,(H,27,29). The molecule has 32 heavy (non-hydrogen) atoms. The number of carbonyl (C=O) groups excluding carboxylic acids is 1. The van der Waals surface area contributed by atoms with E-state index in [4.69, 9.17) is 13.9 Å². The molecule has 0 radical (unpaired) electrons. The minimum absolute atomic E-state index is 0.0798. The Balaban J connectivity index is 1.43. The molecule has 2 aromatic carbocycles. The number of hydrogen-bond acceptors (Lipinski definition) is 5. The number of hydrogen-bond donors (Lipinski definition) is 1. The van der Waals surface area contributed by atoms with E-state index in [-0.39, 0.29) is 24.4 Å². The van der Waals surface area contributed by atoms with Crippen molar-refractivity contribution >= 4 is 5.91 Å². The van der Waals surface area contributed by atoms with Crippen LogP contribution < -0.4 is 10.1 Å². The summed E-state index contributed by atoms with van der Waals surface area (Å²) in [5.74, 6) is 1.62. The van der Waals surface area contributed by atoms with Gasteiger partial charge in [-0.2, -0.15) is 0 Å². The first-order chi connectivity index (χ1) is 15.6. The Hall–Kier alpha value is -3.16. The van der Waals surface area contributed by atoms with Crippen molar-refractivity contribution in [3.05, 3.63) is 89.1 Å². The fourth-order valence-electron chi connectivity index (χ4n) is 3.74. The molecule has 2 heterocycles. The highest BCUT2D eigenvalue weighted by molar-refractivity contribution is 5.96. The van der Waals surface area contributed by atoms with Gasteiger partial charge in [0, 0.05) is 19.6 Å². The van der Waals surface area contributed by atoms with Gasteiger partial charge in [-0.3, -0.25) is 9.69 Å². The van der Waals surface area contributed by atoms with E-state index < -0.39 is 0 Å². The van der Waals surface area contributed by atoms with Crippen LogP contribution in [-0.2, 0) is 11.3 Å². The molecule has 1 saturated heterocycles. The summed E-state index contributed by atoms with van der Waals surface area (Å²) in [7, 11) is 0. The number of amides is 1. The largest absolute Gasteiger partial charge is 0.488 e. The monoisotopic (exact) mass is 438 g/mol. The molecule has 1 aliphatic heterocycles. The highest BCUT2D eigenvalue weighted by atomic mass is 19.1. The Kier molecular flexibility index (Phi) is 7.19. The zero-order chi connectivity index (χ0) is 22.3. The Morgan fingerprint density at radius 1 is 1.09 bits per heavy atom. The zero-order valence-electron chi connectivity index (χ0n) is 18.1. The summed E-state index contributed by atoms with van der Waals surface area (Å²) in [6, 6.07) is 17.0. The van der Waals surface area contributed by atoms with Crippen LogP contribution in [0.15, 0.2) is 65.1 Å². The smallest absolute Gasteiger partial charge is 0.255 e. The number of morpholine rings is 1. The van der Waals surface area contributed by atoms with Crippen LogP contribution in [0.5, 0.6) is 5.75 Å². The molecule has 1 aliphatic rings. The first-order valence-electron chi connectivity index (χ1n) is 10.7. The zero-order valence-corrected chi connectivity index (χ0v) is 18.1. The number of nitrogens with one attached hydrogen (secondary N) is 1. The fraction of sp³-hybridized carbons (Fsp3) is 0.320. The summed E-state index contributed by atoms with van der Waals surface area (Å²) in [4.78, 5) is 15.3. The molecular formula is C25H27FN2O4. The van der Waals surface area contributed by atoms with Gasteiger partial charge in [0.2, 0.25) is 0 Å². The second kappa shape index (κ2) is 10.4. The molecule has 7 heteroatoms. The second-order valence-corrected chi connectivity index (χ2v) is 7.73. The molecule has 0 bridgehead atoms. The molecule has 4 rings (SSSR count).